The van der Waals surface area contributed by atoms with Gasteiger partial charge in [-0.2, -0.15) is 5.10 Å². The standard InChI is InChI=1S/C25H27FN6O2S/c1-14-3-8-19(26)18(11-14)22(34-2)24(33)28-25-32-30-21(35-25)12-15-4-6-16(7-5-15)20-13-17-9-10-27-23(17)31-29-20/h3,8-11,13,15-16,22H,4-7,12H2,1-2H3,(H,27,31)(H,28,32,33)/t15?,16?,22-/m1/s1. The van der Waals surface area contributed by atoms with Gasteiger partial charge in [0.05, 0.1) is 5.69 Å². The first-order valence-electron chi connectivity index (χ1n) is 11.7. The number of fused-ring (bicyclic) bond motifs is 1. The van der Waals surface area contributed by atoms with Crippen LogP contribution in [0.3, 0.4) is 0 Å². The quantitative estimate of drug-likeness (QED) is 0.370. The molecule has 0 saturated heterocycles. The number of methoxy groups -OCH3 is 1. The summed E-state index contributed by atoms with van der Waals surface area (Å²) in [5.74, 6) is -0.0130. The van der Waals surface area contributed by atoms with Crippen LogP contribution in [0.4, 0.5) is 9.52 Å². The fraction of sp³-hybridized carbons (Fsp3) is 0.400. The summed E-state index contributed by atoms with van der Waals surface area (Å²) in [6.07, 6.45) is 5.93. The molecular formula is C25H27FN6O2S. The maximum atomic E-state index is 14.3. The van der Waals surface area contributed by atoms with Gasteiger partial charge in [-0.1, -0.05) is 29.0 Å². The normalized spacial score (nSPS) is 19.1. The lowest BCUT2D eigenvalue weighted by atomic mass is 9.79. The van der Waals surface area contributed by atoms with E-state index < -0.39 is 17.8 Å². The van der Waals surface area contributed by atoms with Crippen LogP contribution in [0.2, 0.25) is 0 Å². The first-order chi connectivity index (χ1) is 17.0. The number of hydrogen-bond acceptors (Lipinski definition) is 7. The number of aryl methyl sites for hydroxylation is 1. The van der Waals surface area contributed by atoms with Gasteiger partial charge in [-0.3, -0.25) is 10.1 Å². The predicted octanol–water partition coefficient (Wildman–Crippen LogP) is 5.10. The van der Waals surface area contributed by atoms with Gasteiger partial charge in [-0.15, -0.1) is 15.3 Å². The number of benzene rings is 1. The van der Waals surface area contributed by atoms with Crippen molar-refractivity contribution in [3.05, 3.63) is 64.2 Å². The van der Waals surface area contributed by atoms with E-state index in [4.69, 9.17) is 4.74 Å². The molecule has 3 heterocycles. The summed E-state index contributed by atoms with van der Waals surface area (Å²) in [5.41, 5.74) is 2.93. The molecule has 10 heteroatoms. The Kier molecular flexibility index (Phi) is 6.83. The van der Waals surface area contributed by atoms with Crippen LogP contribution in [0.15, 0.2) is 36.5 Å². The second-order valence-corrected chi connectivity index (χ2v) is 10.2. The van der Waals surface area contributed by atoms with Gasteiger partial charge in [0.1, 0.15) is 10.8 Å². The summed E-state index contributed by atoms with van der Waals surface area (Å²) in [6, 6.07) is 8.78. The minimum Gasteiger partial charge on any atom is -0.367 e. The summed E-state index contributed by atoms with van der Waals surface area (Å²) >= 11 is 1.36. The molecule has 1 aromatic carbocycles. The van der Waals surface area contributed by atoms with E-state index in [9.17, 15) is 9.18 Å². The molecule has 2 N–H and O–H groups in total. The van der Waals surface area contributed by atoms with Gasteiger partial charge < -0.3 is 9.72 Å². The van der Waals surface area contributed by atoms with Gasteiger partial charge in [0.15, 0.2) is 11.8 Å². The smallest absolute Gasteiger partial charge is 0.260 e. The second kappa shape index (κ2) is 10.2. The van der Waals surface area contributed by atoms with Crippen molar-refractivity contribution in [2.45, 2.75) is 51.0 Å². The largest absolute Gasteiger partial charge is 0.367 e. The molecule has 3 aromatic heterocycles. The third kappa shape index (κ3) is 5.23. The highest BCUT2D eigenvalue weighted by Crippen LogP contribution is 2.37. The molecule has 0 spiro atoms. The van der Waals surface area contributed by atoms with Crippen molar-refractivity contribution in [2.75, 3.05) is 12.4 Å². The van der Waals surface area contributed by atoms with Crippen molar-refractivity contribution in [3.63, 3.8) is 0 Å². The fourth-order valence-electron chi connectivity index (χ4n) is 4.78. The molecule has 0 radical (unpaired) electrons. The van der Waals surface area contributed by atoms with Crippen molar-refractivity contribution >= 4 is 33.4 Å². The summed E-state index contributed by atoms with van der Waals surface area (Å²) in [6.45, 7) is 1.84. The third-order valence-corrected chi connectivity index (χ3v) is 7.52. The van der Waals surface area contributed by atoms with Crippen molar-refractivity contribution in [1.82, 2.24) is 25.4 Å². The van der Waals surface area contributed by atoms with Crippen LogP contribution in [0, 0.1) is 18.7 Å². The van der Waals surface area contributed by atoms with E-state index >= 15 is 0 Å². The van der Waals surface area contributed by atoms with Crippen LogP contribution in [0.5, 0.6) is 0 Å². The SMILES string of the molecule is CO[C@@H](C(=O)Nc1nnc(CC2CCC(c3cc4cc[nH]c4nn3)CC2)s1)c1cc(C)ccc1F. The lowest BCUT2D eigenvalue weighted by molar-refractivity contribution is -0.126. The van der Waals surface area contributed by atoms with E-state index in [1.54, 1.807) is 12.1 Å². The van der Waals surface area contributed by atoms with Crippen LogP contribution < -0.4 is 5.32 Å². The van der Waals surface area contributed by atoms with E-state index in [2.05, 4.69) is 36.8 Å². The van der Waals surface area contributed by atoms with Gasteiger partial charge in [-0.05, 0) is 56.7 Å². The molecule has 1 amide bonds. The molecule has 35 heavy (non-hydrogen) atoms. The Morgan fingerprint density at radius 3 is 2.80 bits per heavy atom. The Morgan fingerprint density at radius 2 is 2.00 bits per heavy atom. The summed E-state index contributed by atoms with van der Waals surface area (Å²) < 4.78 is 19.6. The number of ether oxygens (including phenoxy) is 1. The molecule has 0 unspecified atom stereocenters. The molecule has 1 saturated carbocycles. The number of H-pyrrole nitrogens is 1. The molecule has 1 aliphatic rings. The summed E-state index contributed by atoms with van der Waals surface area (Å²) in [5, 5.41) is 22.2. The summed E-state index contributed by atoms with van der Waals surface area (Å²) in [7, 11) is 1.38. The maximum absolute atomic E-state index is 14.3. The van der Waals surface area contributed by atoms with E-state index in [0.29, 0.717) is 17.0 Å². The first-order valence-corrected chi connectivity index (χ1v) is 12.5. The zero-order valence-corrected chi connectivity index (χ0v) is 20.4. The van der Waals surface area contributed by atoms with Crippen molar-refractivity contribution in [1.29, 1.82) is 0 Å². The molecule has 5 rings (SSSR count). The molecule has 1 atom stereocenters. The molecular weight excluding hydrogens is 467 g/mol. The number of amides is 1. The number of aromatic nitrogens is 5. The molecule has 182 valence electrons. The highest BCUT2D eigenvalue weighted by molar-refractivity contribution is 7.15. The first kappa shape index (κ1) is 23.5. The summed E-state index contributed by atoms with van der Waals surface area (Å²) in [4.78, 5) is 15.9. The maximum Gasteiger partial charge on any atom is 0.260 e. The number of carbonyl (C=O) groups excluding carboxylic acids is 1. The Balaban J connectivity index is 1.16. The third-order valence-electron chi connectivity index (χ3n) is 6.66. The highest BCUT2D eigenvalue weighted by atomic mass is 32.1. The van der Waals surface area contributed by atoms with Gasteiger partial charge in [0.2, 0.25) is 5.13 Å². The lowest BCUT2D eigenvalue weighted by Crippen LogP contribution is -2.23. The van der Waals surface area contributed by atoms with Crippen LogP contribution in [0.1, 0.15) is 59.5 Å². The van der Waals surface area contributed by atoms with Crippen molar-refractivity contribution in [3.8, 4) is 0 Å². The molecule has 8 nitrogen and oxygen atoms in total. The van der Waals surface area contributed by atoms with Crippen LogP contribution >= 0.6 is 11.3 Å². The molecule has 4 aromatic rings. The van der Waals surface area contributed by atoms with Crippen molar-refractivity contribution in [2.24, 2.45) is 5.92 Å². The number of nitrogens with zero attached hydrogens (tertiary/aromatic N) is 4. The van der Waals surface area contributed by atoms with E-state index in [0.717, 1.165) is 59.4 Å². The van der Waals surface area contributed by atoms with Gasteiger partial charge >= 0.3 is 0 Å². The van der Waals surface area contributed by atoms with E-state index in [1.807, 2.05) is 19.2 Å². The van der Waals surface area contributed by atoms with Gasteiger partial charge in [0, 0.05) is 36.6 Å². The number of nitrogens with one attached hydrogen (secondary N) is 2. The van der Waals surface area contributed by atoms with Crippen LogP contribution in [-0.2, 0) is 16.0 Å². The van der Waals surface area contributed by atoms with Gasteiger partial charge in [0.25, 0.3) is 5.91 Å². The monoisotopic (exact) mass is 494 g/mol. The minimum absolute atomic E-state index is 0.201. The molecule has 1 aliphatic carbocycles. The number of aromatic amines is 1. The van der Waals surface area contributed by atoms with E-state index in [1.165, 1.54) is 24.5 Å². The highest BCUT2D eigenvalue weighted by Gasteiger charge is 2.27. The van der Waals surface area contributed by atoms with Crippen LogP contribution in [0.25, 0.3) is 11.0 Å². The van der Waals surface area contributed by atoms with Crippen LogP contribution in [-0.4, -0.2) is 38.4 Å². The zero-order valence-electron chi connectivity index (χ0n) is 19.6. The second-order valence-electron chi connectivity index (χ2n) is 9.10. The number of halogens is 1. The topological polar surface area (TPSA) is 106 Å². The minimum atomic E-state index is -1.06. The Bertz CT molecular complexity index is 1330. The molecule has 0 aliphatic heterocycles. The molecule has 0 bridgehead atoms. The predicted molar refractivity (Wildman–Crippen MR) is 132 cm³/mol. The van der Waals surface area contributed by atoms with Gasteiger partial charge in [-0.25, -0.2) is 4.39 Å². The average Bonchev–Trinajstić information content (AvgIpc) is 3.51. The van der Waals surface area contributed by atoms with E-state index in [-0.39, 0.29) is 5.56 Å². The Labute approximate surface area is 206 Å². The zero-order chi connectivity index (χ0) is 24.4. The number of rotatable bonds is 7. The lowest BCUT2D eigenvalue weighted by Gasteiger charge is -2.27. The van der Waals surface area contributed by atoms with Crippen molar-refractivity contribution < 1.29 is 13.9 Å². The number of carbonyl (C=O) groups is 1. The number of hydrogen-bond donors (Lipinski definition) is 2. The number of anilines is 1. The molecule has 1 fully saturated rings. The Morgan fingerprint density at radius 1 is 1.17 bits per heavy atom. The average molecular weight is 495 g/mol. The fourth-order valence-corrected chi connectivity index (χ4v) is 5.63. The Hall–Kier alpha value is -3.24.